The van der Waals surface area contributed by atoms with Gasteiger partial charge in [-0.05, 0) is 50.5 Å². The summed E-state index contributed by atoms with van der Waals surface area (Å²) in [6.07, 6.45) is 3.12. The molecule has 2 aromatic heterocycles. The molecule has 8 heteroatoms. The lowest BCUT2D eigenvalue weighted by Gasteiger charge is -2.33. The summed E-state index contributed by atoms with van der Waals surface area (Å²) in [5, 5.41) is 2.83. The number of aromatic nitrogens is 2. The minimum Gasteiger partial charge on any atom is -0.408 e. The maximum Gasteiger partial charge on any atom is 0.420 e. The van der Waals surface area contributed by atoms with Crippen LogP contribution in [0.1, 0.15) is 31.4 Å². The normalized spacial score (nSPS) is 17.7. The van der Waals surface area contributed by atoms with Crippen molar-refractivity contribution >= 4 is 28.7 Å². The predicted octanol–water partition coefficient (Wildman–Crippen LogP) is 2.74. The fraction of sp³-hybridized carbons (Fsp3) is 0.364. The van der Waals surface area contributed by atoms with E-state index in [4.69, 9.17) is 4.42 Å². The van der Waals surface area contributed by atoms with Gasteiger partial charge in [-0.25, -0.2) is 9.78 Å². The van der Waals surface area contributed by atoms with Gasteiger partial charge in [-0.15, -0.1) is 0 Å². The van der Waals surface area contributed by atoms with Crippen LogP contribution in [0.2, 0.25) is 0 Å². The Balaban J connectivity index is 1.47. The molecule has 0 spiro atoms. The number of piperidine rings is 1. The van der Waals surface area contributed by atoms with Gasteiger partial charge in [-0.3, -0.25) is 14.2 Å². The van der Waals surface area contributed by atoms with Crippen LogP contribution in [0.4, 0.5) is 5.82 Å². The topological polar surface area (TPSA) is 97.4 Å². The first-order chi connectivity index (χ1) is 14.4. The van der Waals surface area contributed by atoms with E-state index in [-0.39, 0.29) is 17.7 Å². The molecule has 8 nitrogen and oxygen atoms in total. The molecular formula is C22H24N4O4. The monoisotopic (exact) mass is 408 g/mol. The molecule has 1 fully saturated rings. The minimum atomic E-state index is -0.721. The third-order valence-corrected chi connectivity index (χ3v) is 5.53. The van der Waals surface area contributed by atoms with Crippen LogP contribution in [-0.2, 0) is 9.59 Å². The maximum absolute atomic E-state index is 13.1. The molecule has 2 amide bonds. The number of para-hydroxylation sites is 2. The van der Waals surface area contributed by atoms with E-state index < -0.39 is 11.8 Å². The molecule has 1 saturated heterocycles. The van der Waals surface area contributed by atoms with Crippen molar-refractivity contribution in [1.29, 1.82) is 0 Å². The van der Waals surface area contributed by atoms with Crippen molar-refractivity contribution in [3.63, 3.8) is 0 Å². The second-order valence-corrected chi connectivity index (χ2v) is 7.72. The summed E-state index contributed by atoms with van der Waals surface area (Å²) in [6, 6.07) is 9.95. The highest BCUT2D eigenvalue weighted by atomic mass is 16.4. The Bertz CT molecular complexity index is 1130. The van der Waals surface area contributed by atoms with Crippen molar-refractivity contribution in [2.75, 3.05) is 18.4 Å². The van der Waals surface area contributed by atoms with Gasteiger partial charge in [0.1, 0.15) is 11.9 Å². The Labute approximate surface area is 173 Å². The number of amides is 2. The number of nitrogens with zero attached hydrogens (tertiary/aromatic N) is 3. The van der Waals surface area contributed by atoms with Crippen LogP contribution >= 0.6 is 0 Å². The van der Waals surface area contributed by atoms with Gasteiger partial charge in [0.25, 0.3) is 0 Å². The fourth-order valence-corrected chi connectivity index (χ4v) is 3.89. The molecule has 30 heavy (non-hydrogen) atoms. The van der Waals surface area contributed by atoms with Crippen molar-refractivity contribution in [1.82, 2.24) is 14.5 Å². The SMILES string of the molecule is Cc1ccc(NC(=O)C2CCCN(C(=O)C(C)n3c(=O)oc4ccccc43)C2)nc1. The molecule has 0 saturated carbocycles. The van der Waals surface area contributed by atoms with E-state index >= 15 is 0 Å². The highest BCUT2D eigenvalue weighted by molar-refractivity contribution is 5.92. The van der Waals surface area contributed by atoms with E-state index in [0.717, 1.165) is 12.0 Å². The van der Waals surface area contributed by atoms with Crippen LogP contribution in [-0.4, -0.2) is 39.4 Å². The summed E-state index contributed by atoms with van der Waals surface area (Å²) in [4.78, 5) is 44.0. The summed E-state index contributed by atoms with van der Waals surface area (Å²) in [7, 11) is 0. The average molecular weight is 408 g/mol. The molecule has 1 N–H and O–H groups in total. The zero-order valence-electron chi connectivity index (χ0n) is 17.0. The van der Waals surface area contributed by atoms with Crippen molar-refractivity contribution in [3.8, 4) is 0 Å². The van der Waals surface area contributed by atoms with Crippen LogP contribution in [0.15, 0.2) is 51.8 Å². The van der Waals surface area contributed by atoms with Crippen molar-refractivity contribution in [3.05, 3.63) is 58.7 Å². The average Bonchev–Trinajstić information content (AvgIpc) is 3.10. The van der Waals surface area contributed by atoms with Crippen LogP contribution in [0.5, 0.6) is 0 Å². The van der Waals surface area contributed by atoms with Crippen molar-refractivity contribution in [2.24, 2.45) is 5.92 Å². The largest absolute Gasteiger partial charge is 0.420 e. The Morgan fingerprint density at radius 1 is 1.23 bits per heavy atom. The zero-order chi connectivity index (χ0) is 21.3. The summed E-state index contributed by atoms with van der Waals surface area (Å²) < 4.78 is 6.63. The summed E-state index contributed by atoms with van der Waals surface area (Å²) in [5.41, 5.74) is 2.04. The number of aryl methyl sites for hydroxylation is 1. The van der Waals surface area contributed by atoms with Gasteiger partial charge in [0, 0.05) is 19.3 Å². The van der Waals surface area contributed by atoms with Gasteiger partial charge in [-0.2, -0.15) is 0 Å². The Kier molecular flexibility index (Phi) is 5.39. The van der Waals surface area contributed by atoms with E-state index in [9.17, 15) is 14.4 Å². The Morgan fingerprint density at radius 2 is 2.03 bits per heavy atom. The number of carbonyl (C=O) groups is 2. The fourth-order valence-electron chi connectivity index (χ4n) is 3.89. The molecule has 2 atom stereocenters. The molecule has 4 rings (SSSR count). The third kappa shape index (κ3) is 3.85. The molecule has 2 unspecified atom stereocenters. The van der Waals surface area contributed by atoms with E-state index in [1.807, 2.05) is 13.0 Å². The quantitative estimate of drug-likeness (QED) is 0.716. The van der Waals surface area contributed by atoms with E-state index in [1.165, 1.54) is 4.57 Å². The van der Waals surface area contributed by atoms with Gasteiger partial charge >= 0.3 is 5.76 Å². The number of benzene rings is 1. The van der Waals surface area contributed by atoms with Crippen LogP contribution in [0.3, 0.4) is 0 Å². The number of oxazole rings is 1. The minimum absolute atomic E-state index is 0.151. The smallest absolute Gasteiger partial charge is 0.408 e. The van der Waals surface area contributed by atoms with Gasteiger partial charge in [0.2, 0.25) is 11.8 Å². The number of hydrogen-bond donors (Lipinski definition) is 1. The summed E-state index contributed by atoms with van der Waals surface area (Å²) >= 11 is 0. The number of rotatable bonds is 4. The van der Waals surface area contributed by atoms with Crippen LogP contribution in [0.25, 0.3) is 11.1 Å². The Hall–Kier alpha value is -3.42. The first kappa shape index (κ1) is 19.9. The molecule has 1 aromatic carbocycles. The lowest BCUT2D eigenvalue weighted by atomic mass is 9.96. The van der Waals surface area contributed by atoms with E-state index in [1.54, 1.807) is 48.4 Å². The lowest BCUT2D eigenvalue weighted by Crippen LogP contribution is -2.46. The lowest BCUT2D eigenvalue weighted by molar-refractivity contribution is -0.137. The number of likely N-dealkylation sites (tertiary alicyclic amines) is 1. The molecular weight excluding hydrogens is 384 g/mol. The van der Waals surface area contributed by atoms with Gasteiger partial charge < -0.3 is 14.6 Å². The number of nitrogens with one attached hydrogen (secondary N) is 1. The second kappa shape index (κ2) is 8.14. The second-order valence-electron chi connectivity index (χ2n) is 7.72. The number of fused-ring (bicyclic) bond motifs is 1. The first-order valence-corrected chi connectivity index (χ1v) is 10.1. The van der Waals surface area contributed by atoms with Crippen LogP contribution in [0, 0.1) is 12.8 Å². The first-order valence-electron chi connectivity index (χ1n) is 10.1. The van der Waals surface area contributed by atoms with E-state index in [2.05, 4.69) is 10.3 Å². The van der Waals surface area contributed by atoms with E-state index in [0.29, 0.717) is 36.4 Å². The van der Waals surface area contributed by atoms with Gasteiger partial charge in [0.15, 0.2) is 5.58 Å². The van der Waals surface area contributed by atoms with Crippen molar-refractivity contribution < 1.29 is 14.0 Å². The Morgan fingerprint density at radius 3 is 2.80 bits per heavy atom. The molecule has 0 aliphatic carbocycles. The molecule has 1 aliphatic rings. The predicted molar refractivity (Wildman–Crippen MR) is 112 cm³/mol. The number of hydrogen-bond acceptors (Lipinski definition) is 5. The number of carbonyl (C=O) groups excluding carboxylic acids is 2. The molecule has 0 radical (unpaired) electrons. The zero-order valence-corrected chi connectivity index (χ0v) is 17.0. The molecule has 3 aromatic rings. The standard InChI is InChI=1S/C22H24N4O4/c1-14-9-10-19(23-12-14)24-20(27)16-6-5-11-25(13-16)21(28)15(2)26-17-7-3-4-8-18(17)30-22(26)29/h3-4,7-10,12,15-16H,5-6,11,13H2,1-2H3,(H,23,24,27). The molecule has 1 aliphatic heterocycles. The number of anilines is 1. The highest BCUT2D eigenvalue weighted by Crippen LogP contribution is 2.23. The number of pyridine rings is 1. The molecule has 3 heterocycles. The van der Waals surface area contributed by atoms with Gasteiger partial charge in [-0.1, -0.05) is 18.2 Å². The van der Waals surface area contributed by atoms with Crippen molar-refractivity contribution in [2.45, 2.75) is 32.7 Å². The summed E-state index contributed by atoms with van der Waals surface area (Å²) in [5.74, 6) is -0.736. The third-order valence-electron chi connectivity index (χ3n) is 5.53. The molecule has 156 valence electrons. The maximum atomic E-state index is 13.1. The van der Waals surface area contributed by atoms with Gasteiger partial charge in [0.05, 0.1) is 11.4 Å². The summed E-state index contributed by atoms with van der Waals surface area (Å²) in [6.45, 7) is 4.48. The highest BCUT2D eigenvalue weighted by Gasteiger charge is 2.32. The molecule has 0 bridgehead atoms. The van der Waals surface area contributed by atoms with Crippen LogP contribution < -0.4 is 11.1 Å².